The van der Waals surface area contributed by atoms with E-state index in [1.54, 1.807) is 0 Å². The molecule has 10 rings (SSSR count). The van der Waals surface area contributed by atoms with Gasteiger partial charge in [0.05, 0.1) is 5.69 Å². The third kappa shape index (κ3) is 5.17. The molecule has 246 valence electrons. The van der Waals surface area contributed by atoms with E-state index in [4.69, 9.17) is 0 Å². The second-order valence-corrected chi connectivity index (χ2v) is 13.9. The van der Waals surface area contributed by atoms with E-state index >= 15 is 0 Å². The first kappa shape index (κ1) is 30.4. The van der Waals surface area contributed by atoms with Gasteiger partial charge in [0.2, 0.25) is 0 Å². The zero-order chi connectivity index (χ0) is 34.4. The number of anilines is 3. The minimum absolute atomic E-state index is 0.947. The molecule has 0 heterocycles. The molecule has 0 amide bonds. The van der Waals surface area contributed by atoms with Crippen LogP contribution in [0.15, 0.2) is 176 Å². The molecule has 52 heavy (non-hydrogen) atoms. The number of hydrogen-bond donors (Lipinski definition) is 0. The van der Waals surface area contributed by atoms with Gasteiger partial charge in [-0.1, -0.05) is 146 Å². The Balaban J connectivity index is 1.10. The highest BCUT2D eigenvalue weighted by Crippen LogP contribution is 2.43. The van der Waals surface area contributed by atoms with Crippen molar-refractivity contribution in [1.82, 2.24) is 0 Å². The van der Waals surface area contributed by atoms with E-state index in [0.717, 1.165) is 30.6 Å². The first-order chi connectivity index (χ1) is 25.8. The fraction of sp³-hybridized carbons (Fsp3) is 0.0588. The van der Waals surface area contributed by atoms with Gasteiger partial charge >= 0.3 is 0 Å². The van der Waals surface area contributed by atoms with Gasteiger partial charge in [0.15, 0.2) is 0 Å². The van der Waals surface area contributed by atoms with Gasteiger partial charge in [-0.3, -0.25) is 0 Å². The molecule has 8 aromatic carbocycles. The van der Waals surface area contributed by atoms with Crippen molar-refractivity contribution < 1.29 is 0 Å². The molecular weight excluding hydrogens is 627 g/mol. The van der Waals surface area contributed by atoms with E-state index in [1.165, 1.54) is 82.5 Å². The summed E-state index contributed by atoms with van der Waals surface area (Å²) in [5, 5.41) is 7.76. The van der Waals surface area contributed by atoms with Crippen LogP contribution in [-0.4, -0.2) is 0 Å². The molecule has 0 fully saturated rings. The molecule has 0 atom stereocenters. The summed E-state index contributed by atoms with van der Waals surface area (Å²) in [5.41, 5.74) is 13.9. The van der Waals surface area contributed by atoms with E-state index in [-0.39, 0.29) is 0 Å². The van der Waals surface area contributed by atoms with Crippen molar-refractivity contribution in [1.29, 1.82) is 0 Å². The lowest BCUT2D eigenvalue weighted by atomic mass is 9.90. The summed E-state index contributed by atoms with van der Waals surface area (Å²) in [6.45, 7) is 0. The van der Waals surface area contributed by atoms with Gasteiger partial charge in [-0.05, 0) is 133 Å². The predicted molar refractivity (Wildman–Crippen MR) is 224 cm³/mol. The maximum atomic E-state index is 2.43. The van der Waals surface area contributed by atoms with Crippen molar-refractivity contribution in [2.24, 2.45) is 0 Å². The van der Waals surface area contributed by atoms with Crippen molar-refractivity contribution in [3.8, 4) is 22.3 Å². The zero-order valence-electron chi connectivity index (χ0n) is 29.0. The van der Waals surface area contributed by atoms with Crippen LogP contribution in [0.5, 0.6) is 0 Å². The van der Waals surface area contributed by atoms with E-state index in [1.807, 2.05) is 0 Å². The highest BCUT2D eigenvalue weighted by molar-refractivity contribution is 6.13. The van der Waals surface area contributed by atoms with E-state index in [2.05, 4.69) is 193 Å². The van der Waals surface area contributed by atoms with Crippen LogP contribution in [0.1, 0.15) is 28.7 Å². The van der Waals surface area contributed by atoms with Crippen molar-refractivity contribution >= 4 is 61.5 Å². The van der Waals surface area contributed by atoms with Crippen LogP contribution in [0.4, 0.5) is 17.1 Å². The third-order valence-corrected chi connectivity index (χ3v) is 11.0. The van der Waals surface area contributed by atoms with Gasteiger partial charge in [-0.25, -0.2) is 0 Å². The summed E-state index contributed by atoms with van der Waals surface area (Å²) < 4.78 is 0. The van der Waals surface area contributed by atoms with Crippen LogP contribution in [0.3, 0.4) is 0 Å². The number of nitrogens with zero attached hydrogens (tertiary/aromatic N) is 1. The smallest absolute Gasteiger partial charge is 0.0536 e. The Morgan fingerprint density at radius 3 is 1.85 bits per heavy atom. The SMILES string of the molecule is C1=CCc2c(cc(-c3ccc(N(c4ccc(-c5cc6ccccc6c6ccccc56)cc4)c4cccc5c4C=CCC5)cc3)c3ccccc23)C=C1. The zero-order valence-corrected chi connectivity index (χ0v) is 29.0. The molecule has 1 heteroatoms. The van der Waals surface area contributed by atoms with Crippen LogP contribution in [0.2, 0.25) is 0 Å². The van der Waals surface area contributed by atoms with Crippen molar-refractivity contribution in [2.45, 2.75) is 19.3 Å². The average molecular weight is 664 g/mol. The monoisotopic (exact) mass is 663 g/mol. The van der Waals surface area contributed by atoms with Gasteiger partial charge < -0.3 is 4.90 Å². The molecule has 0 N–H and O–H groups in total. The lowest BCUT2D eigenvalue weighted by Gasteiger charge is -2.29. The summed E-state index contributed by atoms with van der Waals surface area (Å²) in [6.07, 6.45) is 16.6. The van der Waals surface area contributed by atoms with E-state index in [9.17, 15) is 0 Å². The molecule has 8 aromatic rings. The van der Waals surface area contributed by atoms with E-state index < -0.39 is 0 Å². The Bertz CT molecular complexity index is 2740. The van der Waals surface area contributed by atoms with Crippen molar-refractivity contribution in [3.63, 3.8) is 0 Å². The minimum Gasteiger partial charge on any atom is -0.310 e. The van der Waals surface area contributed by atoms with Gasteiger partial charge in [0.25, 0.3) is 0 Å². The molecule has 2 aliphatic carbocycles. The summed E-state index contributed by atoms with van der Waals surface area (Å²) in [7, 11) is 0. The summed E-state index contributed by atoms with van der Waals surface area (Å²) in [6, 6.07) is 56.2. The molecule has 1 nitrogen and oxygen atoms in total. The van der Waals surface area contributed by atoms with Crippen molar-refractivity contribution in [2.75, 3.05) is 4.90 Å². The fourth-order valence-corrected chi connectivity index (χ4v) is 8.44. The van der Waals surface area contributed by atoms with Gasteiger partial charge in [0.1, 0.15) is 0 Å². The van der Waals surface area contributed by atoms with Crippen LogP contribution in [0, 0.1) is 0 Å². The third-order valence-electron chi connectivity index (χ3n) is 11.0. The quantitative estimate of drug-likeness (QED) is 0.166. The Labute approximate surface area is 305 Å². The lowest BCUT2D eigenvalue weighted by molar-refractivity contribution is 0.984. The average Bonchev–Trinajstić information content (AvgIpc) is 3.47. The Kier molecular flexibility index (Phi) is 7.43. The van der Waals surface area contributed by atoms with Gasteiger partial charge in [-0.15, -0.1) is 0 Å². The standard InChI is InChI=1S/C51H37N/c1-2-14-38-33-49(47-22-10-8-20-45(47)42(38)17-3-1)36-25-29-40(30-26-36)52(51-24-12-16-35-13-4-7-19-44(35)51)41-31-27-37(28-32-41)50-34-39-15-5-6-18-43(39)46-21-9-11-23-48(46)50/h1-3,5-12,14-16,18-34H,4,13,17H2. The van der Waals surface area contributed by atoms with Crippen LogP contribution in [-0.2, 0) is 12.8 Å². The molecule has 0 aromatic heterocycles. The highest BCUT2D eigenvalue weighted by atomic mass is 15.1. The number of benzene rings is 8. The van der Waals surface area contributed by atoms with Crippen LogP contribution < -0.4 is 4.90 Å². The first-order valence-corrected chi connectivity index (χ1v) is 18.4. The largest absolute Gasteiger partial charge is 0.310 e. The molecule has 0 saturated heterocycles. The number of allylic oxidation sites excluding steroid dienone is 4. The molecule has 0 spiro atoms. The highest BCUT2D eigenvalue weighted by Gasteiger charge is 2.20. The lowest BCUT2D eigenvalue weighted by Crippen LogP contribution is -2.13. The summed E-state index contributed by atoms with van der Waals surface area (Å²) in [4.78, 5) is 2.43. The molecule has 0 aliphatic heterocycles. The molecule has 2 aliphatic rings. The Morgan fingerprint density at radius 2 is 1.10 bits per heavy atom. The number of fused-ring (bicyclic) bond motifs is 7. The predicted octanol–water partition coefficient (Wildman–Crippen LogP) is 14.0. The van der Waals surface area contributed by atoms with Crippen LogP contribution >= 0.6 is 0 Å². The molecule has 0 bridgehead atoms. The maximum Gasteiger partial charge on any atom is 0.0536 e. The topological polar surface area (TPSA) is 3.24 Å². The fourth-order valence-electron chi connectivity index (χ4n) is 8.44. The number of rotatable bonds is 5. The normalized spacial score (nSPS) is 13.3. The van der Waals surface area contributed by atoms with Gasteiger partial charge in [-0.2, -0.15) is 0 Å². The van der Waals surface area contributed by atoms with Crippen LogP contribution in [0.25, 0.3) is 66.7 Å². The maximum absolute atomic E-state index is 2.43. The number of hydrogen-bond acceptors (Lipinski definition) is 1. The second-order valence-electron chi connectivity index (χ2n) is 13.9. The Morgan fingerprint density at radius 1 is 0.462 bits per heavy atom. The number of aryl methyl sites for hydroxylation is 1. The Hall–Kier alpha value is -6.44. The van der Waals surface area contributed by atoms with Gasteiger partial charge in [0, 0.05) is 16.9 Å². The second kappa shape index (κ2) is 12.7. The van der Waals surface area contributed by atoms with E-state index in [0.29, 0.717) is 0 Å². The summed E-state index contributed by atoms with van der Waals surface area (Å²) in [5.74, 6) is 0. The molecule has 0 radical (unpaired) electrons. The summed E-state index contributed by atoms with van der Waals surface area (Å²) >= 11 is 0. The van der Waals surface area contributed by atoms with Crippen molar-refractivity contribution in [3.05, 3.63) is 198 Å². The molecular formula is C51H37N. The first-order valence-electron chi connectivity index (χ1n) is 18.4. The molecule has 0 unspecified atom stereocenters. The minimum atomic E-state index is 0.947. The molecule has 0 saturated carbocycles.